The minimum absolute atomic E-state index is 0.306. The normalized spacial score (nSPS) is 35.1. The average molecular weight is 264 g/mol. The van der Waals surface area contributed by atoms with Crippen molar-refractivity contribution in [2.45, 2.75) is 37.6 Å². The zero-order valence-corrected chi connectivity index (χ0v) is 11.0. The number of rotatable bonds is 2. The summed E-state index contributed by atoms with van der Waals surface area (Å²) in [5.41, 5.74) is 7.63. The van der Waals surface area contributed by atoms with Crippen LogP contribution in [-0.4, -0.2) is 58.2 Å². The first kappa shape index (κ1) is 11.8. The lowest BCUT2D eigenvalue weighted by Crippen LogP contribution is -2.51. The van der Waals surface area contributed by atoms with Crippen LogP contribution < -0.4 is 10.9 Å². The Labute approximate surface area is 112 Å². The Morgan fingerprint density at radius 2 is 2.42 bits per heavy atom. The van der Waals surface area contributed by atoms with E-state index in [1.807, 2.05) is 6.20 Å². The van der Waals surface area contributed by atoms with Crippen LogP contribution in [0.5, 0.6) is 0 Å². The standard InChI is InChI=1S/C12H20N6O/c1-3-13-15-9(1)6-17-4-2-12-11(7-17)18-10(8-19-12)5-14-16-18/h5,9,11-13,15H,1-4,6-8H2/t9?,11-,12-/m1/s1. The Kier molecular flexibility index (Phi) is 2.99. The molecule has 0 saturated carbocycles. The van der Waals surface area contributed by atoms with Gasteiger partial charge in [0.05, 0.1) is 30.6 Å². The number of likely N-dealkylation sites (tertiary alicyclic amines) is 1. The molecule has 2 N–H and O–H groups in total. The van der Waals surface area contributed by atoms with Gasteiger partial charge in [-0.25, -0.2) is 4.68 Å². The largest absolute Gasteiger partial charge is 0.370 e. The number of nitrogens with zero attached hydrogens (tertiary/aromatic N) is 4. The molecule has 0 spiro atoms. The Morgan fingerprint density at radius 1 is 1.42 bits per heavy atom. The van der Waals surface area contributed by atoms with Gasteiger partial charge in [0, 0.05) is 32.2 Å². The smallest absolute Gasteiger partial charge is 0.0929 e. The molecule has 3 aliphatic heterocycles. The van der Waals surface area contributed by atoms with Gasteiger partial charge in [0.15, 0.2) is 0 Å². The second kappa shape index (κ2) is 4.82. The Balaban J connectivity index is 1.46. The summed E-state index contributed by atoms with van der Waals surface area (Å²) in [7, 11) is 0. The quantitative estimate of drug-likeness (QED) is 0.735. The Bertz CT molecular complexity index is 443. The molecule has 1 aromatic heterocycles. The van der Waals surface area contributed by atoms with Crippen molar-refractivity contribution in [1.29, 1.82) is 0 Å². The summed E-state index contributed by atoms with van der Waals surface area (Å²) < 4.78 is 8.00. The maximum atomic E-state index is 5.93. The molecule has 0 radical (unpaired) electrons. The van der Waals surface area contributed by atoms with Gasteiger partial charge in [0.1, 0.15) is 0 Å². The van der Waals surface area contributed by atoms with Gasteiger partial charge in [0.2, 0.25) is 0 Å². The molecule has 0 aromatic carbocycles. The lowest BCUT2D eigenvalue weighted by Gasteiger charge is -2.41. The predicted molar refractivity (Wildman–Crippen MR) is 68.2 cm³/mol. The number of nitrogens with one attached hydrogen (secondary N) is 2. The van der Waals surface area contributed by atoms with Gasteiger partial charge in [-0.05, 0) is 12.8 Å². The van der Waals surface area contributed by atoms with Crippen LogP contribution in [0.4, 0.5) is 0 Å². The first-order chi connectivity index (χ1) is 9.40. The molecule has 19 heavy (non-hydrogen) atoms. The molecular weight excluding hydrogens is 244 g/mol. The molecule has 4 heterocycles. The van der Waals surface area contributed by atoms with Gasteiger partial charge in [-0.1, -0.05) is 5.21 Å². The third kappa shape index (κ3) is 2.16. The molecule has 104 valence electrons. The highest BCUT2D eigenvalue weighted by atomic mass is 16.5. The van der Waals surface area contributed by atoms with Crippen molar-refractivity contribution >= 4 is 0 Å². The number of piperidine rings is 1. The highest BCUT2D eigenvalue weighted by Gasteiger charge is 2.36. The molecule has 2 saturated heterocycles. The van der Waals surface area contributed by atoms with Crippen LogP contribution in [0.15, 0.2) is 6.20 Å². The first-order valence-corrected chi connectivity index (χ1v) is 7.11. The second-order valence-corrected chi connectivity index (χ2v) is 5.69. The van der Waals surface area contributed by atoms with E-state index in [-0.39, 0.29) is 0 Å². The monoisotopic (exact) mass is 264 g/mol. The Morgan fingerprint density at radius 3 is 3.32 bits per heavy atom. The molecule has 0 bridgehead atoms. The van der Waals surface area contributed by atoms with Crippen molar-refractivity contribution in [3.63, 3.8) is 0 Å². The van der Waals surface area contributed by atoms with Crippen LogP contribution in [0.3, 0.4) is 0 Å². The van der Waals surface area contributed by atoms with Crippen molar-refractivity contribution in [2.75, 3.05) is 26.2 Å². The van der Waals surface area contributed by atoms with E-state index >= 15 is 0 Å². The van der Waals surface area contributed by atoms with Crippen molar-refractivity contribution in [3.8, 4) is 0 Å². The van der Waals surface area contributed by atoms with Crippen molar-refractivity contribution in [1.82, 2.24) is 30.7 Å². The summed E-state index contributed by atoms with van der Waals surface area (Å²) in [6, 6.07) is 0.894. The maximum absolute atomic E-state index is 5.93. The summed E-state index contributed by atoms with van der Waals surface area (Å²) in [6.07, 6.45) is 4.41. The van der Waals surface area contributed by atoms with E-state index in [0.29, 0.717) is 24.8 Å². The van der Waals surface area contributed by atoms with Gasteiger partial charge < -0.3 is 4.74 Å². The number of hydrogen-bond donors (Lipinski definition) is 2. The third-order valence-electron chi connectivity index (χ3n) is 4.42. The number of aromatic nitrogens is 3. The molecule has 3 atom stereocenters. The highest BCUT2D eigenvalue weighted by Crippen LogP contribution is 2.30. The summed E-state index contributed by atoms with van der Waals surface area (Å²) in [6.45, 7) is 4.95. The number of hydrazine groups is 1. The SMILES string of the molecule is c1nnn2c1CO[C@@H]1CCN(CC3CCNN3)C[C@H]12. The van der Waals surface area contributed by atoms with E-state index in [1.165, 1.54) is 6.42 Å². The molecule has 1 unspecified atom stereocenters. The van der Waals surface area contributed by atoms with Gasteiger partial charge in [-0.15, -0.1) is 5.10 Å². The molecule has 0 amide bonds. The molecule has 2 fully saturated rings. The number of fused-ring (bicyclic) bond motifs is 3. The predicted octanol–water partition coefficient (Wildman–Crippen LogP) is -0.710. The van der Waals surface area contributed by atoms with Crippen LogP contribution in [0, 0.1) is 0 Å². The lowest BCUT2D eigenvalue weighted by atomic mass is 10.00. The van der Waals surface area contributed by atoms with Crippen LogP contribution in [0.25, 0.3) is 0 Å². The third-order valence-corrected chi connectivity index (χ3v) is 4.42. The maximum Gasteiger partial charge on any atom is 0.0929 e. The van der Waals surface area contributed by atoms with Crippen molar-refractivity contribution in [2.24, 2.45) is 0 Å². The van der Waals surface area contributed by atoms with Crippen LogP contribution >= 0.6 is 0 Å². The summed E-state index contributed by atoms with van der Waals surface area (Å²) in [5.74, 6) is 0. The highest BCUT2D eigenvalue weighted by molar-refractivity contribution is 5.01. The minimum atomic E-state index is 0.306. The topological polar surface area (TPSA) is 67.2 Å². The summed E-state index contributed by atoms with van der Waals surface area (Å²) >= 11 is 0. The van der Waals surface area contributed by atoms with E-state index in [4.69, 9.17) is 4.74 Å². The molecule has 7 nitrogen and oxygen atoms in total. The number of hydrogen-bond acceptors (Lipinski definition) is 6. The van der Waals surface area contributed by atoms with E-state index in [1.54, 1.807) is 0 Å². The fourth-order valence-corrected chi connectivity index (χ4v) is 3.39. The molecule has 3 aliphatic rings. The molecule has 1 aromatic rings. The van der Waals surface area contributed by atoms with E-state index < -0.39 is 0 Å². The van der Waals surface area contributed by atoms with E-state index in [0.717, 1.165) is 38.3 Å². The van der Waals surface area contributed by atoms with E-state index in [9.17, 15) is 0 Å². The number of ether oxygens (including phenoxy) is 1. The first-order valence-electron chi connectivity index (χ1n) is 7.11. The van der Waals surface area contributed by atoms with Gasteiger partial charge in [-0.3, -0.25) is 15.8 Å². The van der Waals surface area contributed by atoms with Crippen molar-refractivity contribution in [3.05, 3.63) is 11.9 Å². The van der Waals surface area contributed by atoms with Crippen LogP contribution in [0.1, 0.15) is 24.6 Å². The van der Waals surface area contributed by atoms with Crippen LogP contribution in [0.2, 0.25) is 0 Å². The lowest BCUT2D eigenvalue weighted by molar-refractivity contribution is -0.0664. The zero-order valence-electron chi connectivity index (χ0n) is 11.0. The summed E-state index contributed by atoms with van der Waals surface area (Å²) in [5, 5.41) is 8.25. The zero-order chi connectivity index (χ0) is 12.7. The van der Waals surface area contributed by atoms with E-state index in [2.05, 4.69) is 30.7 Å². The Hall–Kier alpha value is -1.02. The second-order valence-electron chi connectivity index (χ2n) is 5.69. The van der Waals surface area contributed by atoms with Gasteiger partial charge >= 0.3 is 0 Å². The minimum Gasteiger partial charge on any atom is -0.370 e. The van der Waals surface area contributed by atoms with Crippen molar-refractivity contribution < 1.29 is 4.74 Å². The molecule has 0 aliphatic carbocycles. The molecular formula is C12H20N6O. The fourth-order valence-electron chi connectivity index (χ4n) is 3.39. The fraction of sp³-hybridized carbons (Fsp3) is 0.833. The van der Waals surface area contributed by atoms with Crippen LogP contribution in [-0.2, 0) is 11.3 Å². The molecule has 4 rings (SSSR count). The van der Waals surface area contributed by atoms with Gasteiger partial charge in [0.25, 0.3) is 0 Å². The molecule has 7 heteroatoms. The summed E-state index contributed by atoms with van der Waals surface area (Å²) in [4.78, 5) is 2.52. The van der Waals surface area contributed by atoms with Gasteiger partial charge in [-0.2, -0.15) is 0 Å². The average Bonchev–Trinajstić information content (AvgIpc) is 3.08.